The summed E-state index contributed by atoms with van der Waals surface area (Å²) in [6.07, 6.45) is 4.89. The molecule has 1 aliphatic heterocycles. The molecule has 1 aliphatic rings. The number of amides is 1. The molecule has 0 saturated carbocycles. The first-order chi connectivity index (χ1) is 18.0. The average Bonchev–Trinajstić information content (AvgIpc) is 3.36. The highest BCUT2D eigenvalue weighted by atomic mass is 79.9. The Hall–Kier alpha value is -1.95. The van der Waals surface area contributed by atoms with Crippen molar-refractivity contribution in [3.8, 4) is 0 Å². The number of anilines is 2. The van der Waals surface area contributed by atoms with Crippen molar-refractivity contribution in [3.05, 3.63) is 68.7 Å². The van der Waals surface area contributed by atoms with Crippen molar-refractivity contribution in [3.63, 3.8) is 0 Å². The maximum atomic E-state index is 14.1. The van der Waals surface area contributed by atoms with Crippen molar-refractivity contribution in [2.45, 2.75) is 62.6 Å². The molecule has 0 spiro atoms. The normalized spacial score (nSPS) is 18.2. The van der Waals surface area contributed by atoms with Crippen LogP contribution in [-0.4, -0.2) is 36.5 Å². The quantitative estimate of drug-likeness (QED) is 0.258. The fourth-order valence-corrected chi connectivity index (χ4v) is 7.04. The number of rotatable bonds is 11. The number of carbonyl (C=O) groups excluding carboxylic acids is 1. The van der Waals surface area contributed by atoms with E-state index in [1.165, 1.54) is 15.7 Å². The number of hydrogen-bond acceptors (Lipinski definition) is 5. The minimum absolute atomic E-state index is 0.0788. The second-order valence-corrected chi connectivity index (χ2v) is 13.2. The standard InChI is InChI=1S/C26H30BrCl2N5O3S/c1-17(6-4-3-5-11-30)32-38(36,37)23-16-31-25-33(22-13-20(28)12-21(29)14-22)24(35)26(2,34(23)25)15-18-7-9-19(27)10-8-18/h7-10,12-14,16-17,32H,3-6,11,15,30H2,1-2H3/t17?,26-/m1/s1. The van der Waals surface area contributed by atoms with Crippen LogP contribution in [0.4, 0.5) is 11.6 Å². The molecule has 0 aliphatic carbocycles. The van der Waals surface area contributed by atoms with E-state index in [0.29, 0.717) is 28.7 Å². The molecule has 8 nitrogen and oxygen atoms in total. The number of unbranched alkanes of at least 4 members (excludes halogenated alkanes) is 2. The minimum atomic E-state index is -4.01. The number of carbonyl (C=O) groups is 1. The van der Waals surface area contributed by atoms with Gasteiger partial charge in [0, 0.05) is 27.0 Å². The van der Waals surface area contributed by atoms with E-state index < -0.39 is 15.6 Å². The molecule has 2 aromatic carbocycles. The zero-order valence-corrected chi connectivity index (χ0v) is 25.0. The second-order valence-electron chi connectivity index (χ2n) is 9.74. The van der Waals surface area contributed by atoms with Crippen LogP contribution < -0.4 is 15.4 Å². The van der Waals surface area contributed by atoms with Crippen molar-refractivity contribution in [1.29, 1.82) is 0 Å². The number of nitrogens with one attached hydrogen (secondary N) is 1. The largest absolute Gasteiger partial charge is 0.330 e. The highest BCUT2D eigenvalue weighted by molar-refractivity contribution is 9.10. The van der Waals surface area contributed by atoms with Crippen molar-refractivity contribution in [2.24, 2.45) is 5.73 Å². The third-order valence-corrected chi connectivity index (χ3v) is 9.12. The maximum Gasteiger partial charge on any atom is 0.260 e. The number of hydrogen-bond donors (Lipinski definition) is 2. The molecule has 1 unspecified atom stereocenters. The number of imidazole rings is 1. The summed E-state index contributed by atoms with van der Waals surface area (Å²) in [6.45, 7) is 4.17. The molecule has 3 N–H and O–H groups in total. The predicted molar refractivity (Wildman–Crippen MR) is 155 cm³/mol. The van der Waals surface area contributed by atoms with Crippen molar-refractivity contribution < 1.29 is 13.2 Å². The van der Waals surface area contributed by atoms with E-state index in [4.69, 9.17) is 28.9 Å². The van der Waals surface area contributed by atoms with E-state index in [-0.39, 0.29) is 29.3 Å². The van der Waals surface area contributed by atoms with E-state index in [9.17, 15) is 13.2 Å². The van der Waals surface area contributed by atoms with Gasteiger partial charge in [0.05, 0.1) is 11.9 Å². The number of fused-ring (bicyclic) bond motifs is 1. The molecule has 2 heterocycles. The van der Waals surface area contributed by atoms with Gasteiger partial charge in [0.25, 0.3) is 15.9 Å². The third kappa shape index (κ3) is 5.95. The van der Waals surface area contributed by atoms with Crippen molar-refractivity contribution in [1.82, 2.24) is 14.3 Å². The summed E-state index contributed by atoms with van der Waals surface area (Å²) < 4.78 is 32.4. The molecule has 1 aromatic heterocycles. The summed E-state index contributed by atoms with van der Waals surface area (Å²) in [5.41, 5.74) is 5.54. The Morgan fingerprint density at radius 3 is 2.39 bits per heavy atom. The number of halogens is 3. The van der Waals surface area contributed by atoms with Crippen LogP contribution >= 0.6 is 39.1 Å². The maximum absolute atomic E-state index is 14.1. The molecule has 3 aromatic rings. The van der Waals surface area contributed by atoms with Gasteiger partial charge in [-0.25, -0.2) is 23.0 Å². The Morgan fingerprint density at radius 1 is 1.11 bits per heavy atom. The van der Waals surface area contributed by atoms with Crippen LogP contribution in [0.25, 0.3) is 0 Å². The predicted octanol–water partition coefficient (Wildman–Crippen LogP) is 5.77. The lowest BCUT2D eigenvalue weighted by atomic mass is 9.92. The molecule has 38 heavy (non-hydrogen) atoms. The lowest BCUT2D eigenvalue weighted by molar-refractivity contribution is -0.124. The van der Waals surface area contributed by atoms with Gasteiger partial charge in [-0.1, -0.05) is 64.1 Å². The molecule has 204 valence electrons. The summed E-state index contributed by atoms with van der Waals surface area (Å²) in [5, 5.41) is 0.612. The van der Waals surface area contributed by atoms with Gasteiger partial charge in [0.2, 0.25) is 5.95 Å². The third-order valence-electron chi connectivity index (χ3n) is 6.61. The molecular formula is C26H30BrCl2N5O3S. The Morgan fingerprint density at radius 2 is 1.76 bits per heavy atom. The molecular weight excluding hydrogens is 613 g/mol. The second kappa shape index (κ2) is 11.7. The Kier molecular flexibility index (Phi) is 8.91. The van der Waals surface area contributed by atoms with Crippen molar-refractivity contribution in [2.75, 3.05) is 11.4 Å². The van der Waals surface area contributed by atoms with Crippen LogP contribution in [-0.2, 0) is 26.8 Å². The van der Waals surface area contributed by atoms with Gasteiger partial charge in [-0.2, -0.15) is 0 Å². The Bertz CT molecular complexity index is 1410. The molecule has 1 amide bonds. The number of benzene rings is 2. The van der Waals surface area contributed by atoms with E-state index in [0.717, 1.165) is 29.3 Å². The van der Waals surface area contributed by atoms with E-state index in [2.05, 4.69) is 25.6 Å². The molecule has 0 bridgehead atoms. The SMILES string of the molecule is CC(CCCCCN)NS(=O)(=O)c1cnc2n1[C@](C)(Cc1ccc(Br)cc1)C(=O)N2c1cc(Cl)cc(Cl)c1. The van der Waals surface area contributed by atoms with E-state index >= 15 is 0 Å². The molecule has 4 rings (SSSR count). The van der Waals surface area contributed by atoms with Crippen LogP contribution in [0, 0.1) is 0 Å². The number of nitrogens with zero attached hydrogens (tertiary/aromatic N) is 3. The summed E-state index contributed by atoms with van der Waals surface area (Å²) in [5.74, 6) is -0.156. The lowest BCUT2D eigenvalue weighted by Crippen LogP contribution is -2.43. The van der Waals surface area contributed by atoms with Gasteiger partial charge in [-0.15, -0.1) is 0 Å². The average molecular weight is 643 g/mol. The van der Waals surface area contributed by atoms with E-state index in [1.54, 1.807) is 25.1 Å². The first-order valence-electron chi connectivity index (χ1n) is 12.3. The van der Waals surface area contributed by atoms with Crippen LogP contribution in [0.5, 0.6) is 0 Å². The van der Waals surface area contributed by atoms with Gasteiger partial charge in [-0.3, -0.25) is 9.36 Å². The smallest absolute Gasteiger partial charge is 0.260 e. The van der Waals surface area contributed by atoms with Gasteiger partial charge in [0.1, 0.15) is 5.54 Å². The lowest BCUT2D eigenvalue weighted by Gasteiger charge is -2.27. The van der Waals surface area contributed by atoms with Crippen LogP contribution in [0.1, 0.15) is 45.1 Å². The highest BCUT2D eigenvalue weighted by Gasteiger charge is 2.51. The Balaban J connectivity index is 1.77. The van der Waals surface area contributed by atoms with Crippen LogP contribution in [0.2, 0.25) is 10.0 Å². The first kappa shape index (κ1) is 29.0. The van der Waals surface area contributed by atoms with Crippen LogP contribution in [0.15, 0.2) is 58.2 Å². The number of aromatic nitrogens is 2. The summed E-state index contributed by atoms with van der Waals surface area (Å²) in [7, 11) is -4.01. The fraction of sp³-hybridized carbons (Fsp3) is 0.385. The molecule has 0 saturated heterocycles. The molecule has 2 atom stereocenters. The fourth-order valence-electron chi connectivity index (χ4n) is 4.78. The summed E-state index contributed by atoms with van der Waals surface area (Å²) >= 11 is 15.9. The monoisotopic (exact) mass is 641 g/mol. The number of sulfonamides is 1. The topological polar surface area (TPSA) is 110 Å². The summed E-state index contributed by atoms with van der Waals surface area (Å²) in [4.78, 5) is 19.9. The Labute approximate surface area is 241 Å². The summed E-state index contributed by atoms with van der Waals surface area (Å²) in [6, 6.07) is 12.0. The van der Waals surface area contributed by atoms with Crippen molar-refractivity contribution >= 4 is 66.7 Å². The molecule has 12 heteroatoms. The van der Waals surface area contributed by atoms with E-state index in [1.807, 2.05) is 31.2 Å². The van der Waals surface area contributed by atoms with Gasteiger partial charge < -0.3 is 5.73 Å². The van der Waals surface area contributed by atoms with Gasteiger partial charge in [0.15, 0.2) is 5.03 Å². The minimum Gasteiger partial charge on any atom is -0.330 e. The van der Waals surface area contributed by atoms with Gasteiger partial charge >= 0.3 is 0 Å². The van der Waals surface area contributed by atoms with Gasteiger partial charge in [-0.05, 0) is 69.1 Å². The highest BCUT2D eigenvalue weighted by Crippen LogP contribution is 2.44. The van der Waals surface area contributed by atoms with Crippen LogP contribution in [0.3, 0.4) is 0 Å². The number of nitrogens with two attached hydrogens (primary N) is 1. The molecule has 0 fully saturated rings. The molecule has 0 radical (unpaired) electrons. The zero-order valence-electron chi connectivity index (χ0n) is 21.1. The first-order valence-corrected chi connectivity index (χ1v) is 15.3. The zero-order chi connectivity index (χ0) is 27.7.